The summed E-state index contributed by atoms with van der Waals surface area (Å²) in [6.07, 6.45) is 1.03. The molecule has 0 amide bonds. The molecule has 2 aromatic rings. The minimum Gasteiger partial charge on any atom is -0.377 e. The Bertz CT molecular complexity index is 543. The van der Waals surface area contributed by atoms with Crippen molar-refractivity contribution in [3.05, 3.63) is 46.9 Å². The second kappa shape index (κ2) is 6.50. The molecule has 0 aliphatic carbocycles. The molecule has 0 fully saturated rings. The van der Waals surface area contributed by atoms with Crippen LogP contribution in [0.15, 0.2) is 30.3 Å². The topological polar surface area (TPSA) is 47.0 Å². The predicted molar refractivity (Wildman–Crippen MR) is 76.9 cm³/mol. The van der Waals surface area contributed by atoms with Gasteiger partial charge in [-0.1, -0.05) is 30.7 Å². The zero-order chi connectivity index (χ0) is 13.7. The van der Waals surface area contributed by atoms with E-state index in [0.29, 0.717) is 23.4 Å². The van der Waals surface area contributed by atoms with Crippen molar-refractivity contribution in [3.63, 3.8) is 0 Å². The van der Waals surface area contributed by atoms with Crippen LogP contribution in [0.3, 0.4) is 0 Å². The Morgan fingerprint density at radius 2 is 1.95 bits per heavy atom. The van der Waals surface area contributed by atoms with Crippen LogP contribution in [0.1, 0.15) is 18.3 Å². The summed E-state index contributed by atoms with van der Waals surface area (Å²) in [4.78, 5) is 8.41. The van der Waals surface area contributed by atoms with Crippen molar-refractivity contribution in [2.24, 2.45) is 0 Å². The lowest BCUT2D eigenvalue weighted by Crippen LogP contribution is -2.01. The van der Waals surface area contributed by atoms with Gasteiger partial charge in [0.2, 0.25) is 0 Å². The molecule has 0 spiro atoms. The highest BCUT2D eigenvalue weighted by Crippen LogP contribution is 2.18. The molecular formula is C14H16ClN3O. The molecule has 1 N–H and O–H groups in total. The van der Waals surface area contributed by atoms with Gasteiger partial charge in [0.15, 0.2) is 5.82 Å². The highest BCUT2D eigenvalue weighted by Gasteiger charge is 2.03. The van der Waals surface area contributed by atoms with Crippen LogP contribution >= 0.6 is 11.6 Å². The number of hydrogen-bond acceptors (Lipinski definition) is 4. The molecular weight excluding hydrogens is 262 g/mol. The Morgan fingerprint density at radius 1 is 1.21 bits per heavy atom. The fourth-order valence-corrected chi connectivity index (χ4v) is 1.89. The van der Waals surface area contributed by atoms with Gasteiger partial charge >= 0.3 is 0 Å². The summed E-state index contributed by atoms with van der Waals surface area (Å²) >= 11 is 5.95. The van der Waals surface area contributed by atoms with Crippen molar-refractivity contribution < 1.29 is 4.74 Å². The van der Waals surface area contributed by atoms with Crippen molar-refractivity contribution in [3.8, 4) is 0 Å². The number of nitrogens with zero attached hydrogens (tertiary/aromatic N) is 2. The smallest absolute Gasteiger partial charge is 0.158 e. The fraction of sp³-hybridized carbons (Fsp3) is 0.286. The lowest BCUT2D eigenvalue weighted by atomic mass is 10.1. The van der Waals surface area contributed by atoms with E-state index in [0.717, 1.165) is 12.1 Å². The molecule has 0 aliphatic rings. The van der Waals surface area contributed by atoms with Gasteiger partial charge in [-0.05, 0) is 24.1 Å². The number of anilines is 2. The van der Waals surface area contributed by atoms with Crippen LogP contribution in [-0.2, 0) is 17.8 Å². The van der Waals surface area contributed by atoms with E-state index < -0.39 is 0 Å². The molecule has 2 rings (SSSR count). The summed E-state index contributed by atoms with van der Waals surface area (Å²) in [5.41, 5.74) is 2.27. The number of rotatable bonds is 5. The zero-order valence-electron chi connectivity index (χ0n) is 11.0. The minimum atomic E-state index is 0.337. The maximum absolute atomic E-state index is 5.95. The number of nitrogens with one attached hydrogen (secondary N) is 1. The summed E-state index contributed by atoms with van der Waals surface area (Å²) < 4.78 is 5.01. The highest BCUT2D eigenvalue weighted by atomic mass is 35.5. The Kier molecular flexibility index (Phi) is 4.71. The van der Waals surface area contributed by atoms with E-state index in [-0.39, 0.29) is 0 Å². The molecule has 1 aromatic heterocycles. The Balaban J connectivity index is 2.17. The number of ether oxygens (including phenoxy) is 1. The Labute approximate surface area is 117 Å². The van der Waals surface area contributed by atoms with Crippen LogP contribution in [0, 0.1) is 0 Å². The molecule has 0 atom stereocenters. The van der Waals surface area contributed by atoms with Crippen molar-refractivity contribution in [1.82, 2.24) is 9.97 Å². The first-order chi connectivity index (χ1) is 9.21. The normalized spacial score (nSPS) is 10.5. The Hall–Kier alpha value is -1.65. The summed E-state index contributed by atoms with van der Waals surface area (Å²) in [5.74, 6) is 1.22. The third-order valence-corrected chi connectivity index (χ3v) is 2.84. The number of methoxy groups -OCH3 is 1. The molecule has 1 aromatic carbocycles. The molecule has 0 aliphatic heterocycles. The first-order valence-corrected chi connectivity index (χ1v) is 6.47. The molecule has 19 heavy (non-hydrogen) atoms. The molecule has 1 heterocycles. The number of benzene rings is 1. The number of aryl methyl sites for hydroxylation is 1. The number of hydrogen-bond donors (Lipinski definition) is 1. The number of aromatic nitrogens is 2. The van der Waals surface area contributed by atoms with Gasteiger partial charge in [-0.3, -0.25) is 0 Å². The van der Waals surface area contributed by atoms with Gasteiger partial charge in [-0.15, -0.1) is 0 Å². The van der Waals surface area contributed by atoms with E-state index in [2.05, 4.69) is 34.3 Å². The highest BCUT2D eigenvalue weighted by molar-refractivity contribution is 6.29. The largest absolute Gasteiger partial charge is 0.377 e. The average molecular weight is 278 g/mol. The molecule has 4 nitrogen and oxygen atoms in total. The van der Waals surface area contributed by atoms with Gasteiger partial charge in [-0.2, -0.15) is 0 Å². The van der Waals surface area contributed by atoms with Crippen LogP contribution in [0.2, 0.25) is 5.15 Å². The number of halogens is 1. The van der Waals surface area contributed by atoms with E-state index in [1.165, 1.54) is 5.56 Å². The van der Waals surface area contributed by atoms with E-state index in [9.17, 15) is 0 Å². The second-order valence-corrected chi connectivity index (χ2v) is 4.49. The van der Waals surface area contributed by atoms with Gasteiger partial charge in [0.25, 0.3) is 0 Å². The quantitative estimate of drug-likeness (QED) is 0.849. The average Bonchev–Trinajstić information content (AvgIpc) is 2.39. The zero-order valence-corrected chi connectivity index (χ0v) is 11.7. The maximum Gasteiger partial charge on any atom is 0.158 e. The summed E-state index contributed by atoms with van der Waals surface area (Å²) in [7, 11) is 1.60. The lowest BCUT2D eigenvalue weighted by Gasteiger charge is -2.08. The third kappa shape index (κ3) is 3.91. The van der Waals surface area contributed by atoms with Crippen molar-refractivity contribution >= 4 is 23.1 Å². The van der Waals surface area contributed by atoms with Crippen LogP contribution in [-0.4, -0.2) is 17.1 Å². The van der Waals surface area contributed by atoms with E-state index in [1.54, 1.807) is 13.2 Å². The first kappa shape index (κ1) is 13.8. The SMILES string of the molecule is CCc1ccc(Nc2cc(Cl)nc(COC)n2)cc1. The fourth-order valence-electron chi connectivity index (χ4n) is 1.69. The molecule has 0 saturated carbocycles. The van der Waals surface area contributed by atoms with Crippen molar-refractivity contribution in [1.29, 1.82) is 0 Å². The summed E-state index contributed by atoms with van der Waals surface area (Å²) in [6, 6.07) is 9.90. The molecule has 0 saturated heterocycles. The van der Waals surface area contributed by atoms with E-state index >= 15 is 0 Å². The molecule has 100 valence electrons. The molecule has 0 bridgehead atoms. The first-order valence-electron chi connectivity index (χ1n) is 6.09. The minimum absolute atomic E-state index is 0.337. The van der Waals surface area contributed by atoms with Crippen molar-refractivity contribution in [2.45, 2.75) is 20.0 Å². The monoisotopic (exact) mass is 277 g/mol. The summed E-state index contributed by atoms with van der Waals surface area (Å²) in [6.45, 7) is 2.47. The van der Waals surface area contributed by atoms with Gasteiger partial charge in [0.05, 0.1) is 0 Å². The van der Waals surface area contributed by atoms with Crippen molar-refractivity contribution in [2.75, 3.05) is 12.4 Å². The van der Waals surface area contributed by atoms with Gasteiger partial charge in [-0.25, -0.2) is 9.97 Å². The predicted octanol–water partition coefficient (Wildman–Crippen LogP) is 3.58. The van der Waals surface area contributed by atoms with Crippen LogP contribution in [0.25, 0.3) is 0 Å². The maximum atomic E-state index is 5.95. The summed E-state index contributed by atoms with van der Waals surface area (Å²) in [5, 5.41) is 3.60. The second-order valence-electron chi connectivity index (χ2n) is 4.10. The van der Waals surface area contributed by atoms with Crippen LogP contribution in [0.4, 0.5) is 11.5 Å². The molecule has 5 heteroatoms. The Morgan fingerprint density at radius 3 is 2.58 bits per heavy atom. The van der Waals surface area contributed by atoms with Crippen LogP contribution in [0.5, 0.6) is 0 Å². The lowest BCUT2D eigenvalue weighted by molar-refractivity contribution is 0.178. The van der Waals surface area contributed by atoms with E-state index in [1.807, 2.05) is 12.1 Å². The molecule has 0 radical (unpaired) electrons. The van der Waals surface area contributed by atoms with Gasteiger partial charge in [0, 0.05) is 18.9 Å². The van der Waals surface area contributed by atoms with Crippen LogP contribution < -0.4 is 5.32 Å². The van der Waals surface area contributed by atoms with E-state index in [4.69, 9.17) is 16.3 Å². The van der Waals surface area contributed by atoms with Gasteiger partial charge in [0.1, 0.15) is 17.6 Å². The third-order valence-electron chi connectivity index (χ3n) is 2.65. The van der Waals surface area contributed by atoms with Gasteiger partial charge < -0.3 is 10.1 Å². The molecule has 0 unspecified atom stereocenters. The standard InChI is InChI=1S/C14H16ClN3O/c1-3-10-4-6-11(7-5-10)16-13-8-12(15)17-14(18-13)9-19-2/h4-8H,3,9H2,1-2H3,(H,16,17,18).